The molecular weight excluding hydrogens is 394 g/mol. The number of nitrogens with zero attached hydrogens (tertiary/aromatic N) is 3. The summed E-state index contributed by atoms with van der Waals surface area (Å²) in [6.45, 7) is 3.98. The number of ether oxygens (including phenoxy) is 1. The molecule has 1 aliphatic heterocycles. The minimum atomic E-state index is -0.631. The molecule has 2 N–H and O–H groups in total. The number of carbonyl (C=O) groups excluding carboxylic acids is 2. The van der Waals surface area contributed by atoms with Crippen LogP contribution in [0.1, 0.15) is 59.0 Å². The van der Waals surface area contributed by atoms with Crippen LogP contribution < -0.4 is 10.1 Å². The second-order valence-electron chi connectivity index (χ2n) is 7.89. The Morgan fingerprint density at radius 1 is 1.16 bits per heavy atom. The maximum Gasteiger partial charge on any atom is 0.254 e. The van der Waals surface area contributed by atoms with E-state index in [1.54, 1.807) is 31.2 Å². The molecule has 160 valence electrons. The summed E-state index contributed by atoms with van der Waals surface area (Å²) in [5.74, 6) is 0.745. The Morgan fingerprint density at radius 2 is 1.87 bits per heavy atom. The maximum absolute atomic E-state index is 13.5. The van der Waals surface area contributed by atoms with E-state index in [9.17, 15) is 9.59 Å². The lowest BCUT2D eigenvalue weighted by molar-refractivity contribution is -0.119. The summed E-state index contributed by atoms with van der Waals surface area (Å²) in [5, 5.41) is 9.80. The average Bonchev–Trinajstić information content (AvgIpc) is 3.25. The zero-order chi connectivity index (χ0) is 22.1. The van der Waals surface area contributed by atoms with Crippen molar-refractivity contribution in [2.24, 2.45) is 0 Å². The summed E-state index contributed by atoms with van der Waals surface area (Å²) in [7, 11) is 3.32. The first kappa shape index (κ1) is 20.6. The number of aromatic amines is 1. The number of fused-ring (bicyclic) bond motifs is 1. The van der Waals surface area contributed by atoms with Crippen LogP contribution in [0, 0.1) is 0 Å². The second kappa shape index (κ2) is 8.22. The smallest absolute Gasteiger partial charge is 0.254 e. The van der Waals surface area contributed by atoms with Crippen LogP contribution in [0.15, 0.2) is 48.5 Å². The van der Waals surface area contributed by atoms with Crippen molar-refractivity contribution < 1.29 is 14.3 Å². The molecule has 4 rings (SSSR count). The van der Waals surface area contributed by atoms with E-state index >= 15 is 0 Å². The van der Waals surface area contributed by atoms with Crippen molar-refractivity contribution in [1.82, 2.24) is 20.1 Å². The molecule has 2 atom stereocenters. The standard InChI is InChI=1S/C23H25N5O3/c1-13(2)20-24-23(27-26-20)25-21(29)18-16-7-5-6-8-17(16)22(30)28(3)19(18)14-9-11-15(31-4)12-10-14/h5-13,18-19H,1-4H3,(H2,24,25,26,27,29)/t18-,19-/m1/s1. The predicted octanol–water partition coefficient (Wildman–Crippen LogP) is 3.49. The fraction of sp³-hybridized carbons (Fsp3) is 0.304. The Morgan fingerprint density at radius 3 is 2.52 bits per heavy atom. The summed E-state index contributed by atoms with van der Waals surface area (Å²) in [6.07, 6.45) is 0. The molecule has 2 heterocycles. The molecule has 2 aromatic carbocycles. The Kier molecular flexibility index (Phi) is 5.46. The van der Waals surface area contributed by atoms with E-state index in [2.05, 4.69) is 20.5 Å². The van der Waals surface area contributed by atoms with Gasteiger partial charge in [0.2, 0.25) is 11.9 Å². The van der Waals surface area contributed by atoms with Crippen LogP contribution in [0.25, 0.3) is 0 Å². The van der Waals surface area contributed by atoms with Gasteiger partial charge >= 0.3 is 0 Å². The van der Waals surface area contributed by atoms with Gasteiger partial charge in [0.25, 0.3) is 5.91 Å². The summed E-state index contributed by atoms with van der Waals surface area (Å²) in [4.78, 5) is 32.5. The number of hydrogen-bond donors (Lipinski definition) is 2. The molecule has 0 saturated carbocycles. The van der Waals surface area contributed by atoms with Crippen LogP contribution in [-0.2, 0) is 4.79 Å². The van der Waals surface area contributed by atoms with Crippen molar-refractivity contribution in [1.29, 1.82) is 0 Å². The minimum absolute atomic E-state index is 0.125. The highest BCUT2D eigenvalue weighted by Gasteiger charge is 2.42. The molecule has 2 amide bonds. The van der Waals surface area contributed by atoms with Crippen LogP contribution >= 0.6 is 0 Å². The van der Waals surface area contributed by atoms with Crippen molar-refractivity contribution in [2.75, 3.05) is 19.5 Å². The Labute approximate surface area is 180 Å². The lowest BCUT2D eigenvalue weighted by atomic mass is 9.79. The quantitative estimate of drug-likeness (QED) is 0.659. The Balaban J connectivity index is 1.76. The number of methoxy groups -OCH3 is 1. The average molecular weight is 419 g/mol. The molecule has 0 radical (unpaired) electrons. The number of hydrogen-bond acceptors (Lipinski definition) is 5. The lowest BCUT2D eigenvalue weighted by Gasteiger charge is -2.39. The summed E-state index contributed by atoms with van der Waals surface area (Å²) in [5.41, 5.74) is 2.04. The molecule has 1 aliphatic rings. The lowest BCUT2D eigenvalue weighted by Crippen LogP contribution is -2.44. The summed E-state index contributed by atoms with van der Waals surface area (Å²) >= 11 is 0. The number of aromatic nitrogens is 3. The van der Waals surface area contributed by atoms with Gasteiger partial charge in [-0.2, -0.15) is 4.98 Å². The summed E-state index contributed by atoms with van der Waals surface area (Å²) < 4.78 is 5.26. The molecule has 0 fully saturated rings. The van der Waals surface area contributed by atoms with E-state index in [4.69, 9.17) is 4.74 Å². The zero-order valence-electron chi connectivity index (χ0n) is 17.9. The molecule has 31 heavy (non-hydrogen) atoms. The number of rotatable bonds is 5. The van der Waals surface area contributed by atoms with Crippen molar-refractivity contribution >= 4 is 17.8 Å². The first-order valence-corrected chi connectivity index (χ1v) is 10.1. The molecule has 1 aromatic heterocycles. The highest BCUT2D eigenvalue weighted by Crippen LogP contribution is 2.42. The van der Waals surface area contributed by atoms with Gasteiger partial charge in [0.05, 0.1) is 19.1 Å². The van der Waals surface area contributed by atoms with Crippen molar-refractivity contribution in [2.45, 2.75) is 31.7 Å². The van der Waals surface area contributed by atoms with Gasteiger partial charge in [0.1, 0.15) is 11.6 Å². The van der Waals surface area contributed by atoms with Gasteiger partial charge in [0, 0.05) is 18.5 Å². The molecule has 8 heteroatoms. The normalized spacial score (nSPS) is 18.1. The fourth-order valence-electron chi connectivity index (χ4n) is 3.95. The molecule has 0 unspecified atom stereocenters. The van der Waals surface area contributed by atoms with Gasteiger partial charge in [-0.05, 0) is 29.3 Å². The molecule has 0 bridgehead atoms. The largest absolute Gasteiger partial charge is 0.497 e. The van der Waals surface area contributed by atoms with Gasteiger partial charge < -0.3 is 9.64 Å². The third kappa shape index (κ3) is 3.76. The number of nitrogens with one attached hydrogen (secondary N) is 2. The minimum Gasteiger partial charge on any atom is -0.497 e. The number of carbonyl (C=O) groups is 2. The van der Waals surface area contributed by atoms with Crippen LogP contribution in [-0.4, -0.2) is 46.1 Å². The number of benzene rings is 2. The Bertz CT molecular complexity index is 1110. The maximum atomic E-state index is 13.5. The zero-order valence-corrected chi connectivity index (χ0v) is 17.9. The van der Waals surface area contributed by atoms with E-state index in [-0.39, 0.29) is 23.7 Å². The Hall–Kier alpha value is -3.68. The number of H-pyrrole nitrogens is 1. The highest BCUT2D eigenvalue weighted by atomic mass is 16.5. The highest BCUT2D eigenvalue weighted by molar-refractivity contribution is 6.03. The van der Waals surface area contributed by atoms with Crippen LogP contribution in [0.3, 0.4) is 0 Å². The van der Waals surface area contributed by atoms with Gasteiger partial charge in [-0.25, -0.2) is 0 Å². The SMILES string of the molecule is COc1ccc([C@@H]2[C@H](C(=O)Nc3n[nH]c(C(C)C)n3)c3ccccc3C(=O)N2C)cc1. The van der Waals surface area contributed by atoms with Crippen molar-refractivity contribution in [3.63, 3.8) is 0 Å². The van der Waals surface area contributed by atoms with E-state index in [1.165, 1.54) is 0 Å². The number of amides is 2. The molecule has 3 aromatic rings. The first-order valence-electron chi connectivity index (χ1n) is 10.1. The third-order valence-electron chi connectivity index (χ3n) is 5.60. The predicted molar refractivity (Wildman–Crippen MR) is 116 cm³/mol. The molecule has 0 spiro atoms. The monoisotopic (exact) mass is 419 g/mol. The molecule has 0 saturated heterocycles. The molecule has 8 nitrogen and oxygen atoms in total. The second-order valence-corrected chi connectivity index (χ2v) is 7.89. The van der Waals surface area contributed by atoms with E-state index in [1.807, 2.05) is 50.2 Å². The van der Waals surface area contributed by atoms with E-state index in [0.717, 1.165) is 5.56 Å². The van der Waals surface area contributed by atoms with Crippen molar-refractivity contribution in [3.05, 3.63) is 71.0 Å². The van der Waals surface area contributed by atoms with E-state index in [0.29, 0.717) is 22.7 Å². The van der Waals surface area contributed by atoms with Gasteiger partial charge in [0.15, 0.2) is 0 Å². The summed E-state index contributed by atoms with van der Waals surface area (Å²) in [6, 6.07) is 14.2. The topological polar surface area (TPSA) is 100 Å². The van der Waals surface area contributed by atoms with Crippen LogP contribution in [0.2, 0.25) is 0 Å². The van der Waals surface area contributed by atoms with Crippen LogP contribution in [0.4, 0.5) is 5.95 Å². The molecular formula is C23H25N5O3. The third-order valence-corrected chi connectivity index (χ3v) is 5.60. The first-order chi connectivity index (χ1) is 14.9. The van der Waals surface area contributed by atoms with Crippen LogP contribution in [0.5, 0.6) is 5.75 Å². The van der Waals surface area contributed by atoms with Gasteiger partial charge in [-0.3, -0.25) is 20.0 Å². The molecule has 0 aliphatic carbocycles. The fourth-order valence-corrected chi connectivity index (χ4v) is 3.95. The van der Waals surface area contributed by atoms with Gasteiger partial charge in [-0.15, -0.1) is 5.10 Å². The number of likely N-dealkylation sites (N-methyl/N-ethyl adjacent to an activating group) is 1. The number of anilines is 1. The van der Waals surface area contributed by atoms with E-state index < -0.39 is 12.0 Å². The van der Waals surface area contributed by atoms with Crippen molar-refractivity contribution in [3.8, 4) is 5.75 Å². The van der Waals surface area contributed by atoms with Gasteiger partial charge in [-0.1, -0.05) is 44.2 Å².